The summed E-state index contributed by atoms with van der Waals surface area (Å²) in [6.07, 6.45) is -4.45. The van der Waals surface area contributed by atoms with Gasteiger partial charge >= 0.3 is 6.18 Å². The molecule has 134 valence electrons. The SMILES string of the molecule is CCN(CC)C(C(C)=O)=C(SCCO)c1cccc(C(F)(F)F)c1. The topological polar surface area (TPSA) is 40.5 Å². The first-order valence-electron chi connectivity index (χ1n) is 7.67. The molecule has 1 rings (SSSR count). The molecule has 7 heteroatoms. The van der Waals surface area contributed by atoms with E-state index in [0.717, 1.165) is 12.1 Å². The maximum Gasteiger partial charge on any atom is 0.416 e. The highest BCUT2D eigenvalue weighted by Crippen LogP contribution is 2.36. The Labute approximate surface area is 144 Å². The maximum absolute atomic E-state index is 13.0. The smallest absolute Gasteiger partial charge is 0.396 e. The van der Waals surface area contributed by atoms with Gasteiger partial charge in [0.1, 0.15) is 0 Å². The monoisotopic (exact) mass is 361 g/mol. The molecule has 24 heavy (non-hydrogen) atoms. The molecule has 0 saturated heterocycles. The number of hydrogen-bond donors (Lipinski definition) is 1. The predicted octanol–water partition coefficient (Wildman–Crippen LogP) is 4.03. The van der Waals surface area contributed by atoms with Crippen LogP contribution < -0.4 is 0 Å². The Morgan fingerprint density at radius 2 is 1.88 bits per heavy atom. The maximum atomic E-state index is 13.0. The van der Waals surface area contributed by atoms with Gasteiger partial charge in [-0.2, -0.15) is 13.2 Å². The summed E-state index contributed by atoms with van der Waals surface area (Å²) in [5.74, 6) is 0.0837. The van der Waals surface area contributed by atoms with Crippen molar-refractivity contribution in [1.29, 1.82) is 0 Å². The van der Waals surface area contributed by atoms with E-state index in [1.54, 1.807) is 6.07 Å². The second-order valence-electron chi connectivity index (χ2n) is 5.06. The zero-order valence-corrected chi connectivity index (χ0v) is 14.8. The van der Waals surface area contributed by atoms with E-state index in [0.29, 0.717) is 35.0 Å². The Balaban J connectivity index is 3.54. The number of allylic oxidation sites excluding steroid dienone is 1. The molecule has 0 aromatic heterocycles. The number of alkyl halides is 3. The first kappa shape index (κ1) is 20.6. The number of rotatable bonds is 8. The van der Waals surface area contributed by atoms with E-state index in [1.165, 1.54) is 24.8 Å². The van der Waals surface area contributed by atoms with Crippen LogP contribution in [0.1, 0.15) is 31.9 Å². The van der Waals surface area contributed by atoms with Crippen molar-refractivity contribution >= 4 is 22.5 Å². The zero-order valence-electron chi connectivity index (χ0n) is 14.0. The highest BCUT2D eigenvalue weighted by Gasteiger charge is 2.31. The summed E-state index contributed by atoms with van der Waals surface area (Å²) < 4.78 is 39.0. The second kappa shape index (κ2) is 9.13. The normalized spacial score (nSPS) is 12.8. The summed E-state index contributed by atoms with van der Waals surface area (Å²) in [5.41, 5.74) is -0.0392. The fraction of sp³-hybridized carbons (Fsp3) is 0.471. The molecule has 0 amide bonds. The van der Waals surface area contributed by atoms with Crippen LogP contribution in [-0.2, 0) is 11.0 Å². The second-order valence-corrected chi connectivity index (χ2v) is 6.16. The van der Waals surface area contributed by atoms with Crippen LogP contribution in [0.5, 0.6) is 0 Å². The molecule has 0 saturated carbocycles. The van der Waals surface area contributed by atoms with Crippen molar-refractivity contribution in [3.63, 3.8) is 0 Å². The molecule has 0 aliphatic rings. The molecule has 0 unspecified atom stereocenters. The number of benzene rings is 1. The summed E-state index contributed by atoms with van der Waals surface area (Å²) in [4.78, 5) is 14.5. The minimum absolute atomic E-state index is 0.128. The van der Waals surface area contributed by atoms with Crippen molar-refractivity contribution < 1.29 is 23.1 Å². The van der Waals surface area contributed by atoms with Gasteiger partial charge in [-0.05, 0) is 31.5 Å². The average Bonchev–Trinajstić information content (AvgIpc) is 2.53. The molecule has 0 aliphatic carbocycles. The lowest BCUT2D eigenvalue weighted by atomic mass is 10.1. The third kappa shape index (κ3) is 5.27. The molecule has 3 nitrogen and oxygen atoms in total. The van der Waals surface area contributed by atoms with E-state index in [4.69, 9.17) is 5.11 Å². The Morgan fingerprint density at radius 3 is 2.33 bits per heavy atom. The molecule has 1 aromatic carbocycles. The number of halogens is 3. The molecule has 0 fully saturated rings. The van der Waals surface area contributed by atoms with Crippen LogP contribution in [0.2, 0.25) is 0 Å². The van der Waals surface area contributed by atoms with Gasteiger partial charge in [0.2, 0.25) is 0 Å². The molecule has 1 N–H and O–H groups in total. The van der Waals surface area contributed by atoms with E-state index in [-0.39, 0.29) is 12.4 Å². The van der Waals surface area contributed by atoms with E-state index in [1.807, 2.05) is 18.7 Å². The Kier molecular flexibility index (Phi) is 7.83. The van der Waals surface area contributed by atoms with Crippen LogP contribution in [0.4, 0.5) is 13.2 Å². The molecular weight excluding hydrogens is 339 g/mol. The molecule has 0 radical (unpaired) electrons. The van der Waals surface area contributed by atoms with Crippen molar-refractivity contribution in [2.45, 2.75) is 26.9 Å². The highest BCUT2D eigenvalue weighted by molar-refractivity contribution is 8.08. The predicted molar refractivity (Wildman–Crippen MR) is 91.5 cm³/mol. The first-order chi connectivity index (χ1) is 11.3. The van der Waals surface area contributed by atoms with E-state index >= 15 is 0 Å². The van der Waals surface area contributed by atoms with Crippen molar-refractivity contribution in [2.75, 3.05) is 25.4 Å². The van der Waals surface area contributed by atoms with Gasteiger partial charge in [-0.3, -0.25) is 4.79 Å². The van der Waals surface area contributed by atoms with Crippen molar-refractivity contribution in [3.8, 4) is 0 Å². The molecular formula is C17H22F3NO2S. The van der Waals surface area contributed by atoms with Gasteiger partial charge in [-0.25, -0.2) is 0 Å². The molecule has 0 atom stereocenters. The molecule has 1 aromatic rings. The summed E-state index contributed by atoms with van der Waals surface area (Å²) >= 11 is 1.19. The zero-order chi connectivity index (χ0) is 18.3. The van der Waals surface area contributed by atoms with E-state index < -0.39 is 11.7 Å². The number of ketones is 1. The lowest BCUT2D eigenvalue weighted by molar-refractivity contribution is -0.137. The minimum Gasteiger partial charge on any atom is -0.396 e. The molecule has 0 spiro atoms. The van der Waals surface area contributed by atoms with Gasteiger partial charge in [0, 0.05) is 30.7 Å². The van der Waals surface area contributed by atoms with Gasteiger partial charge in [-0.15, -0.1) is 11.8 Å². The van der Waals surface area contributed by atoms with Crippen molar-refractivity contribution in [1.82, 2.24) is 4.90 Å². The summed E-state index contributed by atoms with van der Waals surface area (Å²) in [5, 5.41) is 9.10. The standard InChI is InChI=1S/C17H22F3NO2S/c1-4-21(5-2)15(12(3)23)16(24-10-9-22)13-7-6-8-14(11-13)17(18,19)20/h6-8,11,22H,4-5,9-10H2,1-3H3. The number of carbonyl (C=O) groups is 1. The molecule has 0 aliphatic heterocycles. The number of nitrogens with zero attached hydrogens (tertiary/aromatic N) is 1. The molecule has 0 bridgehead atoms. The van der Waals surface area contributed by atoms with Crippen LogP contribution in [0.25, 0.3) is 4.91 Å². The van der Waals surface area contributed by atoms with Crippen LogP contribution >= 0.6 is 11.8 Å². The summed E-state index contributed by atoms with van der Waals surface area (Å²) in [6.45, 7) is 6.16. The third-order valence-corrected chi connectivity index (χ3v) is 4.52. The largest absolute Gasteiger partial charge is 0.416 e. The Hall–Kier alpha value is -1.47. The number of carbonyl (C=O) groups excluding carboxylic acids is 1. The first-order valence-corrected chi connectivity index (χ1v) is 8.66. The van der Waals surface area contributed by atoms with Gasteiger partial charge < -0.3 is 10.0 Å². The van der Waals surface area contributed by atoms with Gasteiger partial charge in [0.05, 0.1) is 17.9 Å². The lowest BCUT2D eigenvalue weighted by Crippen LogP contribution is -2.27. The fourth-order valence-electron chi connectivity index (χ4n) is 2.34. The third-order valence-electron chi connectivity index (χ3n) is 3.42. The average molecular weight is 361 g/mol. The summed E-state index contributed by atoms with van der Waals surface area (Å²) in [6, 6.07) is 4.94. The number of aliphatic hydroxyl groups is 1. The number of hydrogen-bond acceptors (Lipinski definition) is 4. The number of aliphatic hydroxyl groups excluding tert-OH is 1. The van der Waals surface area contributed by atoms with E-state index in [9.17, 15) is 18.0 Å². The highest BCUT2D eigenvalue weighted by atomic mass is 32.2. The minimum atomic E-state index is -4.45. The van der Waals surface area contributed by atoms with Crippen LogP contribution in [0.15, 0.2) is 30.0 Å². The number of Topliss-reactive ketones (excluding diaryl/α,β-unsaturated/α-hetero) is 1. The van der Waals surface area contributed by atoms with Crippen molar-refractivity contribution in [2.24, 2.45) is 0 Å². The number of thioether (sulfide) groups is 1. The van der Waals surface area contributed by atoms with Gasteiger partial charge in [0.25, 0.3) is 0 Å². The van der Waals surface area contributed by atoms with Crippen LogP contribution in [0.3, 0.4) is 0 Å². The van der Waals surface area contributed by atoms with Gasteiger partial charge in [-0.1, -0.05) is 12.1 Å². The van der Waals surface area contributed by atoms with Crippen LogP contribution in [-0.4, -0.2) is 41.2 Å². The lowest BCUT2D eigenvalue weighted by Gasteiger charge is -2.26. The van der Waals surface area contributed by atoms with Gasteiger partial charge in [0.15, 0.2) is 5.78 Å². The Bertz CT molecular complexity index is 596. The van der Waals surface area contributed by atoms with Crippen molar-refractivity contribution in [3.05, 3.63) is 41.1 Å². The number of likely N-dealkylation sites (N-methyl/N-ethyl adjacent to an activating group) is 1. The summed E-state index contributed by atoms with van der Waals surface area (Å²) in [7, 11) is 0. The van der Waals surface area contributed by atoms with E-state index in [2.05, 4.69) is 0 Å². The molecule has 0 heterocycles. The fourth-order valence-corrected chi connectivity index (χ4v) is 3.34. The Morgan fingerprint density at radius 1 is 1.25 bits per heavy atom. The van der Waals surface area contributed by atoms with Crippen LogP contribution in [0, 0.1) is 0 Å². The quantitative estimate of drug-likeness (QED) is 0.710.